The van der Waals surface area contributed by atoms with Gasteiger partial charge in [-0.15, -0.1) is 0 Å². The molecular weight excluding hydrogens is 268 g/mol. The summed E-state index contributed by atoms with van der Waals surface area (Å²) in [7, 11) is 0. The molecule has 0 aliphatic heterocycles. The van der Waals surface area contributed by atoms with Crippen LogP contribution >= 0.6 is 11.6 Å². The van der Waals surface area contributed by atoms with Crippen LogP contribution in [0, 0.1) is 0 Å². The molecule has 0 saturated heterocycles. The van der Waals surface area contributed by atoms with Crippen molar-refractivity contribution in [3.05, 3.63) is 28.5 Å². The number of hydrogen-bond donors (Lipinski definition) is 2. The molecule has 0 bridgehead atoms. The Bertz CT molecular complexity index is 456. The molecule has 0 fully saturated rings. The normalized spacial score (nSPS) is 12.9. The number of nitrogens with one attached hydrogen (secondary N) is 1. The van der Waals surface area contributed by atoms with E-state index in [4.69, 9.17) is 16.3 Å². The van der Waals surface area contributed by atoms with E-state index in [0.29, 0.717) is 16.3 Å². The van der Waals surface area contributed by atoms with Crippen LogP contribution in [-0.4, -0.2) is 21.8 Å². The second-order valence-electron chi connectivity index (χ2n) is 5.22. The molecule has 0 spiro atoms. The van der Waals surface area contributed by atoms with Gasteiger partial charge in [-0.25, -0.2) is 4.79 Å². The van der Waals surface area contributed by atoms with E-state index in [9.17, 15) is 9.90 Å². The molecule has 1 atom stereocenters. The van der Waals surface area contributed by atoms with E-state index in [1.165, 1.54) is 6.20 Å². The van der Waals surface area contributed by atoms with Gasteiger partial charge in [0.25, 0.3) is 0 Å². The molecule has 1 amide bonds. The average Bonchev–Trinajstić information content (AvgIpc) is 2.24. The van der Waals surface area contributed by atoms with Crippen molar-refractivity contribution in [2.75, 3.05) is 0 Å². The number of aromatic nitrogens is 1. The zero-order valence-corrected chi connectivity index (χ0v) is 12.3. The van der Waals surface area contributed by atoms with Gasteiger partial charge in [-0.1, -0.05) is 11.6 Å². The maximum Gasteiger partial charge on any atom is 0.407 e. The molecule has 0 saturated carbocycles. The van der Waals surface area contributed by atoms with Crippen LogP contribution in [0.5, 0.6) is 0 Å². The van der Waals surface area contributed by atoms with Crippen molar-refractivity contribution in [1.82, 2.24) is 10.3 Å². The van der Waals surface area contributed by atoms with Gasteiger partial charge in [-0.05, 0) is 33.8 Å². The number of ether oxygens (including phenoxy) is 1. The number of amides is 1. The summed E-state index contributed by atoms with van der Waals surface area (Å²) in [5.74, 6) is 0. The molecule has 106 valence electrons. The summed E-state index contributed by atoms with van der Waals surface area (Å²) in [6, 6.07) is 1.63. The minimum absolute atomic E-state index is 0.173. The highest BCUT2D eigenvalue weighted by Gasteiger charge is 2.17. The third-order valence-corrected chi connectivity index (χ3v) is 2.43. The van der Waals surface area contributed by atoms with Gasteiger partial charge in [0.05, 0.1) is 23.4 Å². The highest BCUT2D eigenvalue weighted by atomic mass is 35.5. The van der Waals surface area contributed by atoms with Crippen LogP contribution in [0.3, 0.4) is 0 Å². The van der Waals surface area contributed by atoms with E-state index in [-0.39, 0.29) is 6.54 Å². The van der Waals surface area contributed by atoms with E-state index in [2.05, 4.69) is 10.3 Å². The first-order valence-corrected chi connectivity index (χ1v) is 6.36. The molecule has 5 nitrogen and oxygen atoms in total. The molecule has 1 aromatic rings. The van der Waals surface area contributed by atoms with Crippen LogP contribution in [-0.2, 0) is 11.3 Å². The zero-order valence-electron chi connectivity index (χ0n) is 11.5. The molecule has 1 unspecified atom stereocenters. The van der Waals surface area contributed by atoms with Crippen LogP contribution in [0.4, 0.5) is 4.79 Å². The highest BCUT2D eigenvalue weighted by Crippen LogP contribution is 2.20. The van der Waals surface area contributed by atoms with Gasteiger partial charge in [-0.2, -0.15) is 0 Å². The summed E-state index contributed by atoms with van der Waals surface area (Å²) >= 11 is 5.83. The molecule has 6 heteroatoms. The van der Waals surface area contributed by atoms with Gasteiger partial charge in [-0.3, -0.25) is 4.98 Å². The molecule has 0 radical (unpaired) electrons. The predicted octanol–water partition coefficient (Wildman–Crippen LogP) is 2.81. The van der Waals surface area contributed by atoms with Crippen LogP contribution in [0.15, 0.2) is 12.3 Å². The fourth-order valence-electron chi connectivity index (χ4n) is 1.46. The molecule has 1 aromatic heterocycles. The summed E-state index contributed by atoms with van der Waals surface area (Å²) in [5.41, 5.74) is 0.596. The Labute approximate surface area is 117 Å². The standard InChI is InChI=1S/C13H19ClN2O3/c1-8(17)10-5-9(14)6-15-11(10)7-16-12(18)19-13(2,3)4/h5-6,8,17H,7H2,1-4H3,(H,16,18). The third-order valence-electron chi connectivity index (χ3n) is 2.22. The first kappa shape index (κ1) is 15.7. The summed E-state index contributed by atoms with van der Waals surface area (Å²) < 4.78 is 5.12. The van der Waals surface area contributed by atoms with Crippen molar-refractivity contribution >= 4 is 17.7 Å². The fraction of sp³-hybridized carbons (Fsp3) is 0.538. The molecule has 1 heterocycles. The lowest BCUT2D eigenvalue weighted by molar-refractivity contribution is 0.0522. The van der Waals surface area contributed by atoms with E-state index in [1.54, 1.807) is 33.8 Å². The fourth-order valence-corrected chi connectivity index (χ4v) is 1.63. The molecule has 2 N–H and O–H groups in total. The average molecular weight is 287 g/mol. The number of carbonyl (C=O) groups excluding carboxylic acids is 1. The lowest BCUT2D eigenvalue weighted by Crippen LogP contribution is -2.32. The number of aliphatic hydroxyl groups excluding tert-OH is 1. The Balaban J connectivity index is 2.70. The van der Waals surface area contributed by atoms with Crippen LogP contribution in [0.1, 0.15) is 45.1 Å². The summed E-state index contributed by atoms with van der Waals surface area (Å²) in [4.78, 5) is 15.6. The lowest BCUT2D eigenvalue weighted by atomic mass is 10.1. The van der Waals surface area contributed by atoms with Crippen LogP contribution in [0.25, 0.3) is 0 Å². The summed E-state index contributed by atoms with van der Waals surface area (Å²) in [6.07, 6.45) is 0.238. The largest absolute Gasteiger partial charge is 0.444 e. The monoisotopic (exact) mass is 286 g/mol. The number of halogens is 1. The van der Waals surface area contributed by atoms with Crippen molar-refractivity contribution < 1.29 is 14.6 Å². The lowest BCUT2D eigenvalue weighted by Gasteiger charge is -2.20. The van der Waals surface area contributed by atoms with E-state index >= 15 is 0 Å². The Morgan fingerprint density at radius 2 is 2.21 bits per heavy atom. The van der Waals surface area contributed by atoms with Crippen LogP contribution in [0.2, 0.25) is 5.02 Å². The Morgan fingerprint density at radius 3 is 2.74 bits per heavy atom. The van der Waals surface area contributed by atoms with Crippen molar-refractivity contribution in [3.8, 4) is 0 Å². The van der Waals surface area contributed by atoms with E-state index in [1.807, 2.05) is 0 Å². The van der Waals surface area contributed by atoms with Crippen molar-refractivity contribution in [3.63, 3.8) is 0 Å². The molecule has 0 aliphatic carbocycles. The molecule has 0 aromatic carbocycles. The Hall–Kier alpha value is -1.33. The van der Waals surface area contributed by atoms with Gasteiger partial charge in [0.15, 0.2) is 0 Å². The number of nitrogens with zero attached hydrogens (tertiary/aromatic N) is 1. The van der Waals surface area contributed by atoms with Crippen molar-refractivity contribution in [2.45, 2.75) is 45.9 Å². The van der Waals surface area contributed by atoms with E-state index in [0.717, 1.165) is 0 Å². The topological polar surface area (TPSA) is 71.5 Å². The number of aliphatic hydroxyl groups is 1. The number of alkyl carbamates (subject to hydrolysis) is 1. The SMILES string of the molecule is CC(O)c1cc(Cl)cnc1CNC(=O)OC(C)(C)C. The van der Waals surface area contributed by atoms with Gasteiger partial charge in [0, 0.05) is 11.8 Å². The van der Waals surface area contributed by atoms with Crippen LogP contribution < -0.4 is 5.32 Å². The van der Waals surface area contributed by atoms with Gasteiger partial charge < -0.3 is 15.2 Å². The quantitative estimate of drug-likeness (QED) is 0.896. The number of rotatable bonds is 3. The van der Waals surface area contributed by atoms with Gasteiger partial charge >= 0.3 is 6.09 Å². The van der Waals surface area contributed by atoms with E-state index < -0.39 is 17.8 Å². The number of pyridine rings is 1. The molecule has 0 aliphatic rings. The number of carbonyl (C=O) groups is 1. The Kier molecular flexibility index (Phi) is 5.14. The third kappa shape index (κ3) is 5.44. The maximum absolute atomic E-state index is 11.5. The first-order valence-electron chi connectivity index (χ1n) is 5.98. The number of hydrogen-bond acceptors (Lipinski definition) is 4. The first-order chi connectivity index (χ1) is 8.69. The second-order valence-corrected chi connectivity index (χ2v) is 5.66. The second kappa shape index (κ2) is 6.21. The molecule has 1 rings (SSSR count). The highest BCUT2D eigenvalue weighted by molar-refractivity contribution is 6.30. The minimum Gasteiger partial charge on any atom is -0.444 e. The maximum atomic E-state index is 11.5. The zero-order chi connectivity index (χ0) is 14.6. The Morgan fingerprint density at radius 1 is 1.58 bits per heavy atom. The van der Waals surface area contributed by atoms with Gasteiger partial charge in [0.1, 0.15) is 5.60 Å². The minimum atomic E-state index is -0.707. The van der Waals surface area contributed by atoms with Crippen molar-refractivity contribution in [2.24, 2.45) is 0 Å². The molecule has 19 heavy (non-hydrogen) atoms. The predicted molar refractivity (Wildman–Crippen MR) is 73.0 cm³/mol. The smallest absolute Gasteiger partial charge is 0.407 e. The summed E-state index contributed by atoms with van der Waals surface area (Å²) in [6.45, 7) is 7.15. The van der Waals surface area contributed by atoms with Gasteiger partial charge in [0.2, 0.25) is 0 Å². The molecular formula is C13H19ClN2O3. The van der Waals surface area contributed by atoms with Crippen molar-refractivity contribution in [1.29, 1.82) is 0 Å². The summed E-state index contributed by atoms with van der Waals surface area (Å²) in [5, 5.41) is 12.7.